The first-order chi connectivity index (χ1) is 28.6. The van der Waals surface area contributed by atoms with Crippen LogP contribution in [0, 0.1) is 0 Å². The van der Waals surface area contributed by atoms with Crippen LogP contribution in [0.1, 0.15) is 25.0 Å². The van der Waals surface area contributed by atoms with Crippen LogP contribution in [0.5, 0.6) is 0 Å². The highest BCUT2D eigenvalue weighted by molar-refractivity contribution is 6.99. The summed E-state index contributed by atoms with van der Waals surface area (Å²) in [5.74, 6) is 0.903. The molecule has 274 valence electrons. The van der Waals surface area contributed by atoms with Gasteiger partial charge in [0.25, 0.3) is 0 Å². The van der Waals surface area contributed by atoms with Gasteiger partial charge in [0.2, 0.25) is 12.5 Å². The van der Waals surface area contributed by atoms with E-state index in [0.717, 1.165) is 62.0 Å². The Hall–Kier alpha value is -7.31. The van der Waals surface area contributed by atoms with Crippen LogP contribution in [0.15, 0.2) is 194 Å². The summed E-state index contributed by atoms with van der Waals surface area (Å²) in [4.78, 5) is 10.5. The van der Waals surface area contributed by atoms with E-state index in [1.165, 1.54) is 33.2 Å². The van der Waals surface area contributed by atoms with Crippen molar-refractivity contribution in [1.82, 2.24) is 14.0 Å². The topological polar surface area (TPSA) is 28.7 Å². The van der Waals surface area contributed by atoms with E-state index < -0.39 is 0 Å². The molecule has 4 heterocycles. The smallest absolute Gasteiger partial charge is 0.247 e. The van der Waals surface area contributed by atoms with E-state index in [0.29, 0.717) is 0 Å². The maximum Gasteiger partial charge on any atom is 0.247 e. The Bertz CT molecular complexity index is 3170. The fourth-order valence-corrected chi connectivity index (χ4v) is 10.0. The van der Waals surface area contributed by atoms with Gasteiger partial charge < -0.3 is 9.80 Å². The number of benzene rings is 8. The maximum atomic E-state index is 5.67. The minimum absolute atomic E-state index is 0.0126. The highest BCUT2D eigenvalue weighted by Crippen LogP contribution is 2.46. The Kier molecular flexibility index (Phi) is 7.00. The van der Waals surface area contributed by atoms with Gasteiger partial charge in [0.15, 0.2) is 0 Å². The fourth-order valence-electron chi connectivity index (χ4n) is 10.0. The van der Waals surface area contributed by atoms with E-state index in [1.54, 1.807) is 0 Å². The van der Waals surface area contributed by atoms with Crippen LogP contribution in [-0.4, -0.2) is 20.7 Å². The van der Waals surface area contributed by atoms with Gasteiger partial charge in [-0.2, -0.15) is 0 Å². The molecular weight excluding hydrogens is 705 g/mol. The molecule has 0 aliphatic carbocycles. The molecule has 0 N–H and O–H groups in total. The van der Waals surface area contributed by atoms with Gasteiger partial charge >= 0.3 is 0 Å². The number of rotatable bonds is 5. The molecule has 0 atom stereocenters. The van der Waals surface area contributed by atoms with Crippen LogP contribution < -0.4 is 26.2 Å². The van der Waals surface area contributed by atoms with Gasteiger partial charge in [0, 0.05) is 39.5 Å². The Morgan fingerprint density at radius 2 is 1.10 bits per heavy atom. The summed E-state index contributed by atoms with van der Waals surface area (Å²) >= 11 is 0. The van der Waals surface area contributed by atoms with Crippen LogP contribution in [-0.2, 0) is 5.41 Å². The number of para-hydroxylation sites is 6. The maximum absolute atomic E-state index is 5.67. The third-order valence-corrected chi connectivity index (χ3v) is 12.5. The van der Waals surface area contributed by atoms with E-state index in [4.69, 9.17) is 4.98 Å². The van der Waals surface area contributed by atoms with Crippen molar-refractivity contribution in [3.63, 3.8) is 0 Å². The van der Waals surface area contributed by atoms with Crippen molar-refractivity contribution in [1.29, 1.82) is 0 Å². The minimum Gasteiger partial charge on any atom is -0.310 e. The number of anilines is 6. The van der Waals surface area contributed by atoms with Crippen molar-refractivity contribution in [3.05, 3.63) is 205 Å². The standard InChI is InChI=1S/C52H38BN5/c1-52(2)40-26-17-29-46-48(40)53(42-31-30-39(34-41(42)52)55(35-18-7-3-8-19-35)36-20-9-4-10-21-36)43-32-33-47-49(50(43)56(46)37-22-11-5-12-23-37)54-51-57(38-24-13-6-14-25-38)44-27-15-16-28-45(44)58(47)51/h3-34H,1-2H3. The molecule has 12 rings (SSSR count). The molecule has 2 aliphatic heterocycles. The van der Waals surface area contributed by atoms with Crippen LogP contribution in [0.3, 0.4) is 0 Å². The van der Waals surface area contributed by atoms with Crippen molar-refractivity contribution in [2.24, 2.45) is 0 Å². The molecular formula is C52H38BN5. The van der Waals surface area contributed by atoms with E-state index >= 15 is 0 Å². The second kappa shape index (κ2) is 12.3. The normalized spacial score (nSPS) is 13.8. The number of imidazole rings is 2. The van der Waals surface area contributed by atoms with Gasteiger partial charge in [0.1, 0.15) is 5.52 Å². The second-order valence-electron chi connectivity index (χ2n) is 16.0. The van der Waals surface area contributed by atoms with E-state index in [2.05, 4.69) is 227 Å². The minimum atomic E-state index is -0.272. The Morgan fingerprint density at radius 1 is 0.500 bits per heavy atom. The second-order valence-corrected chi connectivity index (χ2v) is 16.0. The van der Waals surface area contributed by atoms with Crippen LogP contribution in [0.4, 0.5) is 34.1 Å². The molecule has 0 saturated carbocycles. The monoisotopic (exact) mass is 743 g/mol. The van der Waals surface area contributed by atoms with Crippen molar-refractivity contribution >= 4 is 85.1 Å². The van der Waals surface area contributed by atoms with Crippen molar-refractivity contribution in [2.45, 2.75) is 19.3 Å². The molecule has 0 amide bonds. The molecule has 5 nitrogen and oxygen atoms in total. The lowest BCUT2D eigenvalue weighted by molar-refractivity contribution is 0.646. The van der Waals surface area contributed by atoms with Crippen LogP contribution >= 0.6 is 0 Å². The van der Waals surface area contributed by atoms with Crippen molar-refractivity contribution in [3.8, 4) is 5.69 Å². The summed E-state index contributed by atoms with van der Waals surface area (Å²) in [7, 11) is 0. The lowest BCUT2D eigenvalue weighted by Crippen LogP contribution is -2.64. The fraction of sp³-hybridized carbons (Fsp3) is 0.0577. The molecule has 0 saturated heterocycles. The molecule has 10 aromatic rings. The van der Waals surface area contributed by atoms with Gasteiger partial charge in [-0.25, -0.2) is 4.98 Å². The zero-order valence-corrected chi connectivity index (χ0v) is 32.3. The number of fused-ring (bicyclic) bond motifs is 10. The molecule has 0 spiro atoms. The van der Waals surface area contributed by atoms with E-state index in [1.807, 2.05) is 0 Å². The summed E-state index contributed by atoms with van der Waals surface area (Å²) in [6.07, 6.45) is 0. The lowest BCUT2D eigenvalue weighted by atomic mass is 9.30. The average molecular weight is 744 g/mol. The Labute approximate surface area is 337 Å². The van der Waals surface area contributed by atoms with E-state index in [9.17, 15) is 0 Å². The highest BCUT2D eigenvalue weighted by atomic mass is 15.2. The van der Waals surface area contributed by atoms with Crippen LogP contribution in [0.2, 0.25) is 0 Å². The van der Waals surface area contributed by atoms with Crippen molar-refractivity contribution in [2.75, 3.05) is 9.80 Å². The molecule has 0 radical (unpaired) electrons. The quantitative estimate of drug-likeness (QED) is 0.164. The lowest BCUT2D eigenvalue weighted by Gasteiger charge is -2.45. The predicted octanol–water partition coefficient (Wildman–Crippen LogP) is 10.8. The molecule has 2 aromatic heterocycles. The first-order valence-corrected chi connectivity index (χ1v) is 20.1. The summed E-state index contributed by atoms with van der Waals surface area (Å²) in [6.45, 7) is 4.81. The zero-order chi connectivity index (χ0) is 38.5. The molecule has 6 heteroatoms. The number of nitrogens with zero attached hydrogens (tertiary/aromatic N) is 5. The zero-order valence-electron chi connectivity index (χ0n) is 32.3. The first kappa shape index (κ1) is 32.9. The number of aromatic nitrogens is 3. The Balaban J connectivity index is 1.15. The average Bonchev–Trinajstić information content (AvgIpc) is 3.81. The largest absolute Gasteiger partial charge is 0.310 e. The number of hydrogen-bond donors (Lipinski definition) is 0. The molecule has 58 heavy (non-hydrogen) atoms. The summed E-state index contributed by atoms with van der Waals surface area (Å²) in [5, 5.41) is 0. The summed E-state index contributed by atoms with van der Waals surface area (Å²) in [6, 6.07) is 70.3. The van der Waals surface area contributed by atoms with E-state index in [-0.39, 0.29) is 12.1 Å². The van der Waals surface area contributed by atoms with Crippen LogP contribution in [0.25, 0.3) is 33.5 Å². The summed E-state index contributed by atoms with van der Waals surface area (Å²) < 4.78 is 4.65. The third-order valence-electron chi connectivity index (χ3n) is 12.5. The predicted molar refractivity (Wildman–Crippen MR) is 242 cm³/mol. The highest BCUT2D eigenvalue weighted by Gasteiger charge is 2.47. The van der Waals surface area contributed by atoms with Crippen molar-refractivity contribution < 1.29 is 0 Å². The Morgan fingerprint density at radius 3 is 1.79 bits per heavy atom. The van der Waals surface area contributed by atoms with Gasteiger partial charge in [0.05, 0.1) is 22.2 Å². The molecule has 0 fully saturated rings. The number of hydrogen-bond acceptors (Lipinski definition) is 3. The first-order valence-electron chi connectivity index (χ1n) is 20.1. The third kappa shape index (κ3) is 4.57. The van der Waals surface area contributed by atoms with Gasteiger partial charge in [-0.15, -0.1) is 0 Å². The molecule has 2 aliphatic rings. The SMILES string of the molecule is CC1(C)c2cc(N(c3ccccc3)c3ccccc3)ccc2B2c3ccc4c(nc5n(-c6ccccc6)c6ccccc6n45)c3N(c3ccccc3)c3cccc1c32. The molecule has 8 aromatic carbocycles. The molecule has 0 unspecified atom stereocenters. The summed E-state index contributed by atoms with van der Waals surface area (Å²) in [5.41, 5.74) is 18.7. The van der Waals surface area contributed by atoms with Gasteiger partial charge in [-0.3, -0.25) is 8.97 Å². The van der Waals surface area contributed by atoms with Gasteiger partial charge in [-0.05, 0) is 107 Å². The van der Waals surface area contributed by atoms with Gasteiger partial charge in [-0.1, -0.05) is 129 Å². The molecule has 0 bridgehead atoms.